The molecule has 11 nitrogen and oxygen atoms in total. The van der Waals surface area contributed by atoms with Crippen molar-refractivity contribution >= 4 is 21.9 Å². The van der Waals surface area contributed by atoms with Crippen molar-refractivity contribution in [1.29, 1.82) is 0 Å². The fourth-order valence-electron chi connectivity index (χ4n) is 5.75. The van der Waals surface area contributed by atoms with Crippen LogP contribution in [0.4, 0.5) is 4.79 Å². The average molecular weight is 645 g/mol. The quantitative estimate of drug-likeness (QED) is 0.349. The number of aliphatic hydroxyl groups is 1. The molecule has 3 aliphatic rings. The molecule has 0 bridgehead atoms. The van der Waals surface area contributed by atoms with Gasteiger partial charge in [0.25, 0.3) is 0 Å². The molecule has 2 N–H and O–H groups in total. The first-order valence-electron chi connectivity index (χ1n) is 15.6. The molecule has 246 valence electrons. The van der Waals surface area contributed by atoms with Gasteiger partial charge in [0, 0.05) is 19.1 Å². The third kappa shape index (κ3) is 8.75. The number of rotatable bonds is 11. The standard InChI is InChI=1S/C33H44N2O9S/c1-32(2,3)44-30(37)29(28(36)22-41-25-10-7-11-27(18-25)45(39,40)26-12-13-26)34-24-19-33(43-21-24)14-16-35(17-15-33)31(38)42-20-23-8-5-4-6-9-23/h4-11,18,24,26,28-29,34,36H,12-17,19-22H2,1-3H3/t24-,28-,29-/m1/s1. The first kappa shape index (κ1) is 33.2. The smallest absolute Gasteiger partial charge is 0.410 e. The summed E-state index contributed by atoms with van der Waals surface area (Å²) in [7, 11) is -3.40. The number of carbonyl (C=O) groups excluding carboxylic acids is 2. The Morgan fingerprint density at radius 3 is 2.47 bits per heavy atom. The molecule has 2 aromatic rings. The van der Waals surface area contributed by atoms with Crippen molar-refractivity contribution in [1.82, 2.24) is 10.2 Å². The van der Waals surface area contributed by atoms with Gasteiger partial charge in [-0.2, -0.15) is 0 Å². The zero-order valence-corrected chi connectivity index (χ0v) is 27.0. The number of ether oxygens (including phenoxy) is 4. The molecule has 2 saturated heterocycles. The molecule has 2 heterocycles. The van der Waals surface area contributed by atoms with Crippen LogP contribution in [0.15, 0.2) is 59.5 Å². The lowest BCUT2D eigenvalue weighted by atomic mass is 9.87. The van der Waals surface area contributed by atoms with Gasteiger partial charge in [-0.1, -0.05) is 36.4 Å². The van der Waals surface area contributed by atoms with Crippen molar-refractivity contribution in [2.24, 2.45) is 0 Å². The Kier molecular flexibility index (Phi) is 10.1. The topological polar surface area (TPSA) is 141 Å². The summed E-state index contributed by atoms with van der Waals surface area (Å²) in [4.78, 5) is 27.8. The summed E-state index contributed by atoms with van der Waals surface area (Å²) in [6, 6.07) is 14.4. The molecule has 12 heteroatoms. The number of esters is 1. The van der Waals surface area contributed by atoms with Gasteiger partial charge in [0.05, 0.1) is 22.4 Å². The van der Waals surface area contributed by atoms with E-state index in [-0.39, 0.29) is 41.2 Å². The second-order valence-electron chi connectivity index (χ2n) is 13.2. The van der Waals surface area contributed by atoms with Crippen LogP contribution in [0.25, 0.3) is 0 Å². The van der Waals surface area contributed by atoms with Crippen molar-refractivity contribution in [2.45, 2.75) is 99.0 Å². The molecule has 1 amide bonds. The number of likely N-dealkylation sites (tertiary alicyclic amines) is 1. The number of benzene rings is 2. The minimum atomic E-state index is -3.40. The molecule has 0 radical (unpaired) electrons. The highest BCUT2D eigenvalue weighted by atomic mass is 32.2. The zero-order chi connectivity index (χ0) is 32.2. The van der Waals surface area contributed by atoms with Crippen LogP contribution in [0.2, 0.25) is 0 Å². The van der Waals surface area contributed by atoms with Crippen LogP contribution >= 0.6 is 0 Å². The van der Waals surface area contributed by atoms with Crippen molar-refractivity contribution in [3.05, 3.63) is 60.2 Å². The van der Waals surface area contributed by atoms with Gasteiger partial charge in [0.2, 0.25) is 0 Å². The molecule has 2 aromatic carbocycles. The van der Waals surface area contributed by atoms with Crippen LogP contribution in [-0.4, -0.2) is 91.4 Å². The minimum absolute atomic E-state index is 0.183. The summed E-state index contributed by atoms with van der Waals surface area (Å²) in [5.74, 6) is -0.337. The molecule has 1 spiro atoms. The second-order valence-corrected chi connectivity index (χ2v) is 15.4. The lowest BCUT2D eigenvalue weighted by Gasteiger charge is -2.38. The lowest BCUT2D eigenvalue weighted by Crippen LogP contribution is -2.54. The van der Waals surface area contributed by atoms with Crippen LogP contribution in [0.1, 0.15) is 58.4 Å². The van der Waals surface area contributed by atoms with Gasteiger partial charge in [-0.25, -0.2) is 13.2 Å². The number of sulfone groups is 1. The first-order valence-corrected chi connectivity index (χ1v) is 17.1. The Labute approximate surface area is 265 Å². The number of carbonyl (C=O) groups is 2. The first-order chi connectivity index (χ1) is 21.3. The van der Waals surface area contributed by atoms with Crippen LogP contribution in [0.3, 0.4) is 0 Å². The van der Waals surface area contributed by atoms with Crippen LogP contribution in [-0.2, 0) is 35.4 Å². The van der Waals surface area contributed by atoms with E-state index in [0.29, 0.717) is 51.8 Å². The van der Waals surface area contributed by atoms with Gasteiger partial charge < -0.3 is 29.0 Å². The van der Waals surface area contributed by atoms with Crippen LogP contribution < -0.4 is 10.1 Å². The van der Waals surface area contributed by atoms with Gasteiger partial charge in [-0.15, -0.1) is 0 Å². The van der Waals surface area contributed by atoms with Crippen LogP contribution in [0.5, 0.6) is 5.75 Å². The highest BCUT2D eigenvalue weighted by molar-refractivity contribution is 7.92. The lowest BCUT2D eigenvalue weighted by molar-refractivity contribution is -0.161. The molecular weight excluding hydrogens is 600 g/mol. The van der Waals surface area contributed by atoms with E-state index in [1.807, 2.05) is 30.3 Å². The Hall–Kier alpha value is -3.19. The van der Waals surface area contributed by atoms with E-state index in [9.17, 15) is 23.1 Å². The number of nitrogens with one attached hydrogen (secondary N) is 1. The van der Waals surface area contributed by atoms with E-state index in [4.69, 9.17) is 18.9 Å². The largest absolute Gasteiger partial charge is 0.491 e. The normalized spacial score (nSPS) is 21.2. The van der Waals surface area contributed by atoms with E-state index >= 15 is 0 Å². The SMILES string of the molecule is CC(C)(C)OC(=O)[C@H](N[C@H]1COC2(CCN(C(=O)OCc3ccccc3)CC2)C1)[C@H](O)COc1cccc(S(=O)(=O)C2CC2)c1. The van der Waals surface area contributed by atoms with Crippen molar-refractivity contribution < 1.29 is 42.1 Å². The molecule has 45 heavy (non-hydrogen) atoms. The average Bonchev–Trinajstić information content (AvgIpc) is 3.81. The maximum absolute atomic E-state index is 13.2. The predicted molar refractivity (Wildman–Crippen MR) is 165 cm³/mol. The fourth-order valence-corrected chi connectivity index (χ4v) is 7.44. The van der Waals surface area contributed by atoms with Gasteiger partial charge in [-0.05, 0) is 76.6 Å². The fraction of sp³-hybridized carbons (Fsp3) is 0.576. The van der Waals surface area contributed by atoms with E-state index in [0.717, 1.165) is 5.56 Å². The minimum Gasteiger partial charge on any atom is -0.491 e. The van der Waals surface area contributed by atoms with Gasteiger partial charge in [-0.3, -0.25) is 10.1 Å². The maximum atomic E-state index is 13.2. The number of piperidine rings is 1. The highest BCUT2D eigenvalue weighted by Gasteiger charge is 2.45. The van der Waals surface area contributed by atoms with E-state index < -0.39 is 39.2 Å². The van der Waals surface area contributed by atoms with Gasteiger partial charge in [0.1, 0.15) is 36.7 Å². The van der Waals surface area contributed by atoms with E-state index in [2.05, 4.69) is 5.32 Å². The molecule has 2 aliphatic heterocycles. The molecule has 0 unspecified atom stereocenters. The Bertz CT molecular complexity index is 1430. The third-order valence-electron chi connectivity index (χ3n) is 8.33. The number of nitrogens with zero attached hydrogens (tertiary/aromatic N) is 1. The third-order valence-corrected chi connectivity index (χ3v) is 10.6. The summed E-state index contributed by atoms with van der Waals surface area (Å²) in [5, 5.41) is 14.0. The zero-order valence-electron chi connectivity index (χ0n) is 26.1. The molecule has 5 rings (SSSR count). The molecule has 1 aliphatic carbocycles. The summed E-state index contributed by atoms with van der Waals surface area (Å²) in [6.07, 6.45) is 1.49. The number of hydrogen-bond donors (Lipinski definition) is 2. The molecule has 0 aromatic heterocycles. The van der Waals surface area contributed by atoms with Crippen molar-refractivity contribution in [2.75, 3.05) is 26.3 Å². The maximum Gasteiger partial charge on any atom is 0.410 e. The van der Waals surface area contributed by atoms with E-state index in [1.165, 1.54) is 12.1 Å². The Morgan fingerprint density at radius 1 is 1.09 bits per heavy atom. The number of hydrogen-bond acceptors (Lipinski definition) is 10. The number of amides is 1. The summed E-state index contributed by atoms with van der Waals surface area (Å²) in [5.41, 5.74) is -0.311. The molecule has 3 atom stereocenters. The molecule has 3 fully saturated rings. The second kappa shape index (κ2) is 13.7. The summed E-state index contributed by atoms with van der Waals surface area (Å²) < 4.78 is 48.4. The van der Waals surface area contributed by atoms with Crippen molar-refractivity contribution in [3.8, 4) is 5.75 Å². The van der Waals surface area contributed by atoms with Crippen molar-refractivity contribution in [3.63, 3.8) is 0 Å². The van der Waals surface area contributed by atoms with Crippen LogP contribution in [0, 0.1) is 0 Å². The number of aliphatic hydroxyl groups excluding tert-OH is 1. The predicted octanol–water partition coefficient (Wildman–Crippen LogP) is 3.62. The summed E-state index contributed by atoms with van der Waals surface area (Å²) in [6.45, 7) is 6.51. The van der Waals surface area contributed by atoms with Gasteiger partial charge in [0.15, 0.2) is 9.84 Å². The van der Waals surface area contributed by atoms with E-state index in [1.54, 1.807) is 37.8 Å². The summed E-state index contributed by atoms with van der Waals surface area (Å²) >= 11 is 0. The highest BCUT2D eigenvalue weighted by Crippen LogP contribution is 2.37. The molecule has 1 saturated carbocycles. The monoisotopic (exact) mass is 644 g/mol. The molecular formula is C33H44N2O9S. The Balaban J connectivity index is 1.16. The van der Waals surface area contributed by atoms with Gasteiger partial charge >= 0.3 is 12.1 Å². The Morgan fingerprint density at radius 2 is 1.80 bits per heavy atom.